The fourth-order valence-corrected chi connectivity index (χ4v) is 3.58. The highest BCUT2D eigenvalue weighted by Gasteiger charge is 2.19. The molecule has 1 amide bonds. The van der Waals surface area contributed by atoms with E-state index in [0.29, 0.717) is 18.3 Å². The number of fused-ring (bicyclic) bond motifs is 1. The van der Waals surface area contributed by atoms with Crippen LogP contribution in [0.25, 0.3) is 10.8 Å². The Morgan fingerprint density at radius 1 is 1.25 bits per heavy atom. The molecule has 0 saturated carbocycles. The van der Waals surface area contributed by atoms with Crippen molar-refractivity contribution in [2.45, 2.75) is 25.4 Å². The van der Waals surface area contributed by atoms with Gasteiger partial charge in [-0.2, -0.15) is 0 Å². The van der Waals surface area contributed by atoms with Crippen molar-refractivity contribution in [1.82, 2.24) is 25.6 Å². The van der Waals surface area contributed by atoms with Crippen LogP contribution in [0, 0.1) is 0 Å². The first-order chi connectivity index (χ1) is 13.3. The normalized spacial score (nSPS) is 14.5. The van der Waals surface area contributed by atoms with Gasteiger partial charge in [0.2, 0.25) is 0 Å². The average molecular weight is 402 g/mol. The molecule has 1 aliphatic rings. The highest BCUT2D eigenvalue weighted by atomic mass is 35.5. The number of hydrogen-bond donors (Lipinski definition) is 2. The molecule has 0 spiro atoms. The zero-order valence-electron chi connectivity index (χ0n) is 15.7. The summed E-state index contributed by atoms with van der Waals surface area (Å²) < 4.78 is 7.30. The van der Waals surface area contributed by atoms with E-state index in [1.165, 1.54) is 0 Å². The highest BCUT2D eigenvalue weighted by Crippen LogP contribution is 2.27. The van der Waals surface area contributed by atoms with Crippen LogP contribution in [0.3, 0.4) is 0 Å². The zero-order chi connectivity index (χ0) is 18.6. The van der Waals surface area contributed by atoms with E-state index < -0.39 is 0 Å². The molecule has 4 rings (SSSR count). The number of hydrogen-bond acceptors (Lipinski definition) is 5. The van der Waals surface area contributed by atoms with Gasteiger partial charge in [-0.15, -0.1) is 17.5 Å². The third-order valence-electron chi connectivity index (χ3n) is 5.07. The molecule has 0 bridgehead atoms. The standard InChI is InChI=1S/C20H23N5O2.ClH/c1-27-19-7-6-14-4-2-3-5-16(14)17(19)12-22-20(26)18-13-25(24-23-18)15-8-10-21-11-9-15;/h2-7,13,15,21H,8-12H2,1H3,(H,22,26);1H. The molecule has 3 aromatic rings. The molecule has 1 aliphatic heterocycles. The molecule has 2 N–H and O–H groups in total. The topological polar surface area (TPSA) is 81.1 Å². The summed E-state index contributed by atoms with van der Waals surface area (Å²) in [7, 11) is 1.64. The summed E-state index contributed by atoms with van der Waals surface area (Å²) in [5, 5.41) is 16.7. The second-order valence-electron chi connectivity index (χ2n) is 6.72. The van der Waals surface area contributed by atoms with Gasteiger partial charge in [0, 0.05) is 12.1 Å². The van der Waals surface area contributed by atoms with E-state index in [4.69, 9.17) is 4.74 Å². The van der Waals surface area contributed by atoms with E-state index in [1.807, 2.05) is 41.1 Å². The molecule has 0 radical (unpaired) electrons. The Morgan fingerprint density at radius 3 is 2.82 bits per heavy atom. The molecule has 28 heavy (non-hydrogen) atoms. The van der Waals surface area contributed by atoms with Crippen molar-refractivity contribution in [3.63, 3.8) is 0 Å². The van der Waals surface area contributed by atoms with Crippen LogP contribution in [0.2, 0.25) is 0 Å². The number of aromatic nitrogens is 3. The zero-order valence-corrected chi connectivity index (χ0v) is 16.5. The first-order valence-corrected chi connectivity index (χ1v) is 9.21. The number of carbonyl (C=O) groups is 1. The lowest BCUT2D eigenvalue weighted by atomic mass is 10.0. The monoisotopic (exact) mass is 401 g/mol. The van der Waals surface area contributed by atoms with Crippen molar-refractivity contribution >= 4 is 29.1 Å². The predicted octanol–water partition coefficient (Wildman–Crippen LogP) is 2.72. The number of rotatable bonds is 5. The Hall–Kier alpha value is -2.64. The summed E-state index contributed by atoms with van der Waals surface area (Å²) in [6, 6.07) is 12.3. The molecule has 1 fully saturated rings. The lowest BCUT2D eigenvalue weighted by Crippen LogP contribution is -2.29. The van der Waals surface area contributed by atoms with Gasteiger partial charge >= 0.3 is 0 Å². The van der Waals surface area contributed by atoms with Crippen LogP contribution in [0.1, 0.15) is 34.9 Å². The molecule has 8 heteroatoms. The highest BCUT2D eigenvalue weighted by molar-refractivity contribution is 5.93. The van der Waals surface area contributed by atoms with Crippen LogP contribution in [0.15, 0.2) is 42.6 Å². The van der Waals surface area contributed by atoms with Crippen LogP contribution in [0.4, 0.5) is 0 Å². The molecule has 1 saturated heterocycles. The quantitative estimate of drug-likeness (QED) is 0.687. The maximum absolute atomic E-state index is 12.6. The summed E-state index contributed by atoms with van der Waals surface area (Å²) in [5.41, 5.74) is 1.29. The first-order valence-electron chi connectivity index (χ1n) is 9.21. The number of piperidine rings is 1. The van der Waals surface area contributed by atoms with E-state index in [2.05, 4.69) is 20.9 Å². The molecule has 0 atom stereocenters. The summed E-state index contributed by atoms with van der Waals surface area (Å²) in [4.78, 5) is 12.6. The van der Waals surface area contributed by atoms with Crippen molar-refractivity contribution in [3.8, 4) is 5.75 Å². The number of amides is 1. The molecule has 148 valence electrons. The van der Waals surface area contributed by atoms with Crippen LogP contribution in [0.5, 0.6) is 5.75 Å². The minimum Gasteiger partial charge on any atom is -0.496 e. The van der Waals surface area contributed by atoms with Crippen molar-refractivity contribution in [2.24, 2.45) is 0 Å². The van der Waals surface area contributed by atoms with E-state index in [1.54, 1.807) is 13.3 Å². The van der Waals surface area contributed by atoms with E-state index in [0.717, 1.165) is 48.0 Å². The van der Waals surface area contributed by atoms with Gasteiger partial charge in [0.1, 0.15) is 5.75 Å². The van der Waals surface area contributed by atoms with Crippen LogP contribution in [-0.4, -0.2) is 41.1 Å². The number of nitrogens with zero attached hydrogens (tertiary/aromatic N) is 3. The Balaban J connectivity index is 0.00000225. The first kappa shape index (κ1) is 20.1. The molecule has 2 aromatic carbocycles. The minimum absolute atomic E-state index is 0. The molecular weight excluding hydrogens is 378 g/mol. The fourth-order valence-electron chi connectivity index (χ4n) is 3.58. The Labute approximate surface area is 169 Å². The smallest absolute Gasteiger partial charge is 0.273 e. The number of benzene rings is 2. The van der Waals surface area contributed by atoms with Crippen molar-refractivity contribution in [3.05, 3.63) is 53.9 Å². The van der Waals surface area contributed by atoms with Gasteiger partial charge in [-0.1, -0.05) is 35.5 Å². The third-order valence-corrected chi connectivity index (χ3v) is 5.07. The van der Waals surface area contributed by atoms with E-state index in [-0.39, 0.29) is 18.3 Å². The predicted molar refractivity (Wildman–Crippen MR) is 110 cm³/mol. The van der Waals surface area contributed by atoms with Gasteiger partial charge in [-0.05, 0) is 42.8 Å². The number of halogens is 1. The molecule has 1 aromatic heterocycles. The van der Waals surface area contributed by atoms with Gasteiger partial charge in [0.05, 0.1) is 19.3 Å². The van der Waals surface area contributed by atoms with Gasteiger partial charge in [0.25, 0.3) is 5.91 Å². The SMILES string of the molecule is COc1ccc2ccccc2c1CNC(=O)c1cn(C2CCNCC2)nn1.Cl. The number of methoxy groups -OCH3 is 1. The maximum Gasteiger partial charge on any atom is 0.273 e. The number of nitrogens with one attached hydrogen (secondary N) is 2. The van der Waals surface area contributed by atoms with Crippen molar-refractivity contribution in [1.29, 1.82) is 0 Å². The summed E-state index contributed by atoms with van der Waals surface area (Å²) in [5.74, 6) is 0.525. The Bertz CT molecular complexity index is 953. The van der Waals surface area contributed by atoms with Crippen molar-refractivity contribution < 1.29 is 9.53 Å². The molecular formula is C20H24ClN5O2. The van der Waals surface area contributed by atoms with Crippen LogP contribution in [-0.2, 0) is 6.54 Å². The molecule has 0 unspecified atom stereocenters. The van der Waals surface area contributed by atoms with Crippen molar-refractivity contribution in [2.75, 3.05) is 20.2 Å². The number of ether oxygens (including phenoxy) is 1. The molecule has 0 aliphatic carbocycles. The second-order valence-corrected chi connectivity index (χ2v) is 6.72. The van der Waals surface area contributed by atoms with E-state index in [9.17, 15) is 4.79 Å². The summed E-state index contributed by atoms with van der Waals surface area (Å²) >= 11 is 0. The lowest BCUT2D eigenvalue weighted by molar-refractivity contribution is 0.0945. The molecule has 7 nitrogen and oxygen atoms in total. The second kappa shape index (κ2) is 9.03. The average Bonchev–Trinajstić information content (AvgIpc) is 3.22. The maximum atomic E-state index is 12.6. The lowest BCUT2D eigenvalue weighted by Gasteiger charge is -2.22. The number of carbonyl (C=O) groups excluding carboxylic acids is 1. The van der Waals surface area contributed by atoms with E-state index >= 15 is 0 Å². The van der Waals surface area contributed by atoms with Gasteiger partial charge in [-0.25, -0.2) is 4.68 Å². The summed E-state index contributed by atoms with van der Waals surface area (Å²) in [6.45, 7) is 2.30. The van der Waals surface area contributed by atoms with Gasteiger partial charge in [0.15, 0.2) is 5.69 Å². The molecule has 2 heterocycles. The Morgan fingerprint density at radius 2 is 2.04 bits per heavy atom. The van der Waals surface area contributed by atoms with Gasteiger partial charge in [-0.3, -0.25) is 4.79 Å². The van der Waals surface area contributed by atoms with Crippen LogP contribution >= 0.6 is 12.4 Å². The van der Waals surface area contributed by atoms with Gasteiger partial charge < -0.3 is 15.4 Å². The largest absolute Gasteiger partial charge is 0.496 e. The minimum atomic E-state index is -0.231. The third kappa shape index (κ3) is 4.10. The Kier molecular flexibility index (Phi) is 6.49. The fraction of sp³-hybridized carbons (Fsp3) is 0.350. The van der Waals surface area contributed by atoms with Crippen LogP contribution < -0.4 is 15.4 Å². The summed E-state index contributed by atoms with van der Waals surface area (Å²) in [6.07, 6.45) is 3.74.